The maximum absolute atomic E-state index is 5.79. The Kier molecular flexibility index (Phi) is 12.6. The van der Waals surface area contributed by atoms with Gasteiger partial charge in [-0.15, -0.1) is 11.6 Å². The fourth-order valence-electron chi connectivity index (χ4n) is 2.49. The summed E-state index contributed by atoms with van der Waals surface area (Å²) in [5.74, 6) is 1.58. The molecule has 0 spiro atoms. The van der Waals surface area contributed by atoms with E-state index in [1.807, 2.05) is 0 Å². The second kappa shape index (κ2) is 13.8. The van der Waals surface area contributed by atoms with E-state index in [-0.39, 0.29) is 0 Å². The number of unbranched alkanes of at least 4 members (excludes halogenated alkanes) is 1. The third-order valence-electron chi connectivity index (χ3n) is 3.83. The zero-order valence-corrected chi connectivity index (χ0v) is 14.3. The van der Waals surface area contributed by atoms with Gasteiger partial charge in [-0.25, -0.2) is 0 Å². The number of rotatable bonds is 14. The Morgan fingerprint density at radius 1 is 1.00 bits per heavy atom. The van der Waals surface area contributed by atoms with Crippen LogP contribution in [0.4, 0.5) is 0 Å². The third kappa shape index (κ3) is 10.5. The highest BCUT2D eigenvalue weighted by atomic mass is 35.5. The molecule has 0 amide bonds. The van der Waals surface area contributed by atoms with Crippen molar-refractivity contribution in [3.8, 4) is 0 Å². The second-order valence-electron chi connectivity index (χ2n) is 5.62. The summed E-state index contributed by atoms with van der Waals surface area (Å²) < 4.78 is 16.5. The van der Waals surface area contributed by atoms with E-state index in [0.29, 0.717) is 26.4 Å². The van der Waals surface area contributed by atoms with Crippen molar-refractivity contribution in [3.63, 3.8) is 0 Å². The molecular formula is C16H32ClNO3. The van der Waals surface area contributed by atoms with Crippen LogP contribution in [0, 0.1) is 5.92 Å². The first-order chi connectivity index (χ1) is 10.4. The molecule has 1 unspecified atom stereocenters. The topological polar surface area (TPSA) is 30.9 Å². The largest absolute Gasteiger partial charge is 0.379 e. The average molecular weight is 322 g/mol. The highest BCUT2D eigenvalue weighted by Gasteiger charge is 2.21. The first-order valence-corrected chi connectivity index (χ1v) is 8.91. The lowest BCUT2D eigenvalue weighted by Crippen LogP contribution is -2.26. The minimum absolute atomic E-state index is 0.659. The quantitative estimate of drug-likeness (QED) is 0.363. The summed E-state index contributed by atoms with van der Waals surface area (Å²) in [6.07, 6.45) is 4.74. The van der Waals surface area contributed by atoms with Gasteiger partial charge in [-0.2, -0.15) is 0 Å². The van der Waals surface area contributed by atoms with Crippen molar-refractivity contribution in [2.24, 2.45) is 5.92 Å². The van der Waals surface area contributed by atoms with E-state index in [4.69, 9.17) is 25.8 Å². The molecule has 4 nitrogen and oxygen atoms in total. The fraction of sp³-hybridized carbons (Fsp3) is 1.00. The number of nitrogens with zero attached hydrogens (tertiary/aromatic N) is 1. The Balaban J connectivity index is 1.77. The van der Waals surface area contributed by atoms with E-state index in [2.05, 4.69) is 11.8 Å². The Morgan fingerprint density at radius 2 is 1.67 bits per heavy atom. The lowest BCUT2D eigenvalue weighted by Gasteiger charge is -2.15. The van der Waals surface area contributed by atoms with Crippen LogP contribution in [0.2, 0.25) is 0 Å². The van der Waals surface area contributed by atoms with Gasteiger partial charge < -0.3 is 19.1 Å². The van der Waals surface area contributed by atoms with Crippen molar-refractivity contribution in [1.82, 2.24) is 4.90 Å². The van der Waals surface area contributed by atoms with Crippen LogP contribution in [-0.4, -0.2) is 70.1 Å². The van der Waals surface area contributed by atoms with Crippen molar-refractivity contribution < 1.29 is 14.2 Å². The van der Waals surface area contributed by atoms with Gasteiger partial charge in [-0.3, -0.25) is 0 Å². The molecule has 21 heavy (non-hydrogen) atoms. The van der Waals surface area contributed by atoms with Gasteiger partial charge in [0, 0.05) is 25.6 Å². The minimum Gasteiger partial charge on any atom is -0.379 e. The Hall–Kier alpha value is 0.130. The highest BCUT2D eigenvalue weighted by Crippen LogP contribution is 2.19. The lowest BCUT2D eigenvalue weighted by molar-refractivity contribution is 0.0109. The van der Waals surface area contributed by atoms with Gasteiger partial charge in [0.2, 0.25) is 0 Å². The zero-order chi connectivity index (χ0) is 15.2. The monoisotopic (exact) mass is 321 g/mol. The number of alkyl halides is 1. The second-order valence-corrected chi connectivity index (χ2v) is 6.00. The van der Waals surface area contributed by atoms with Gasteiger partial charge in [0.05, 0.1) is 33.0 Å². The molecule has 0 aromatic rings. The molecule has 0 aromatic heterocycles. The Labute approximate surface area is 135 Å². The Bertz CT molecular complexity index is 232. The molecule has 1 aliphatic rings. The van der Waals surface area contributed by atoms with Crippen molar-refractivity contribution in [3.05, 3.63) is 0 Å². The third-order valence-corrected chi connectivity index (χ3v) is 4.04. The normalized spacial score (nSPS) is 19.4. The van der Waals surface area contributed by atoms with Crippen LogP contribution < -0.4 is 0 Å². The summed E-state index contributed by atoms with van der Waals surface area (Å²) in [4.78, 5) is 2.47. The van der Waals surface area contributed by atoms with Crippen LogP contribution in [0.25, 0.3) is 0 Å². The molecule has 0 aliphatic carbocycles. The van der Waals surface area contributed by atoms with Gasteiger partial charge in [-0.1, -0.05) is 13.3 Å². The first kappa shape index (κ1) is 19.2. The van der Waals surface area contributed by atoms with Crippen molar-refractivity contribution >= 4 is 11.6 Å². The molecule has 1 atom stereocenters. The minimum atomic E-state index is 0.659. The maximum Gasteiger partial charge on any atom is 0.0701 e. The summed E-state index contributed by atoms with van der Waals surface area (Å²) in [5.41, 5.74) is 0. The molecule has 0 bridgehead atoms. The smallest absolute Gasteiger partial charge is 0.0701 e. The summed E-state index contributed by atoms with van der Waals surface area (Å²) in [6.45, 7) is 9.89. The molecule has 1 aliphatic heterocycles. The lowest BCUT2D eigenvalue weighted by atomic mass is 10.1. The number of likely N-dealkylation sites (tertiary alicyclic amines) is 1. The van der Waals surface area contributed by atoms with Crippen molar-refractivity contribution in [1.29, 1.82) is 0 Å². The fourth-order valence-corrected chi connectivity index (χ4v) is 2.80. The SMILES string of the molecule is CCCCOCCOCCOCCN1CCC(CCCl)C1. The van der Waals surface area contributed by atoms with Gasteiger partial charge in [0.15, 0.2) is 0 Å². The molecule has 0 aromatic carbocycles. The molecule has 0 radical (unpaired) electrons. The van der Waals surface area contributed by atoms with Crippen molar-refractivity contribution in [2.75, 3.05) is 65.2 Å². The van der Waals surface area contributed by atoms with E-state index < -0.39 is 0 Å². The van der Waals surface area contributed by atoms with Gasteiger partial charge in [0.25, 0.3) is 0 Å². The van der Waals surface area contributed by atoms with Crippen molar-refractivity contribution in [2.45, 2.75) is 32.6 Å². The first-order valence-electron chi connectivity index (χ1n) is 8.38. The van der Waals surface area contributed by atoms with Crippen LogP contribution in [0.3, 0.4) is 0 Å². The summed E-state index contributed by atoms with van der Waals surface area (Å²) in [7, 11) is 0. The summed E-state index contributed by atoms with van der Waals surface area (Å²) in [5, 5.41) is 0. The standard InChI is InChI=1S/C16H32ClNO3/c1-2-3-9-19-11-13-21-14-12-20-10-8-18-7-5-16(15-18)4-6-17/h16H,2-15H2,1H3. The van der Waals surface area contributed by atoms with Gasteiger partial charge >= 0.3 is 0 Å². The number of ether oxygens (including phenoxy) is 3. The molecule has 5 heteroatoms. The number of halogens is 1. The maximum atomic E-state index is 5.79. The number of hydrogen-bond donors (Lipinski definition) is 0. The molecule has 0 N–H and O–H groups in total. The zero-order valence-electron chi connectivity index (χ0n) is 13.5. The molecule has 1 rings (SSSR count). The average Bonchev–Trinajstić information content (AvgIpc) is 2.93. The van der Waals surface area contributed by atoms with Gasteiger partial charge in [0.1, 0.15) is 0 Å². The van der Waals surface area contributed by atoms with Crippen LogP contribution >= 0.6 is 11.6 Å². The number of hydrogen-bond acceptors (Lipinski definition) is 4. The predicted molar refractivity (Wildman–Crippen MR) is 87.2 cm³/mol. The Morgan fingerprint density at radius 3 is 2.33 bits per heavy atom. The molecule has 1 fully saturated rings. The summed E-state index contributed by atoms with van der Waals surface area (Å²) in [6, 6.07) is 0. The van der Waals surface area contributed by atoms with E-state index in [9.17, 15) is 0 Å². The van der Waals surface area contributed by atoms with Crippen LogP contribution in [0.1, 0.15) is 32.6 Å². The van der Waals surface area contributed by atoms with E-state index >= 15 is 0 Å². The highest BCUT2D eigenvalue weighted by molar-refractivity contribution is 6.17. The van der Waals surface area contributed by atoms with Crippen LogP contribution in [0.15, 0.2) is 0 Å². The van der Waals surface area contributed by atoms with Gasteiger partial charge in [-0.05, 0) is 31.7 Å². The molecule has 1 heterocycles. The van der Waals surface area contributed by atoms with E-state index in [1.54, 1.807) is 0 Å². The molecule has 126 valence electrons. The summed E-state index contributed by atoms with van der Waals surface area (Å²) >= 11 is 5.79. The van der Waals surface area contributed by atoms with E-state index in [0.717, 1.165) is 44.4 Å². The van der Waals surface area contributed by atoms with Crippen LogP contribution in [0.5, 0.6) is 0 Å². The van der Waals surface area contributed by atoms with E-state index in [1.165, 1.54) is 25.9 Å². The molecule has 1 saturated heterocycles. The molecular weight excluding hydrogens is 290 g/mol. The van der Waals surface area contributed by atoms with Crippen LogP contribution in [-0.2, 0) is 14.2 Å². The predicted octanol–water partition coefficient (Wildman–Crippen LogP) is 2.79. The molecule has 0 saturated carbocycles.